The van der Waals surface area contributed by atoms with Gasteiger partial charge in [-0.25, -0.2) is 0 Å². The average molecular weight is 305 g/mol. The van der Waals surface area contributed by atoms with Gasteiger partial charge in [0.2, 0.25) is 0 Å². The Morgan fingerprint density at radius 3 is 1.70 bits per heavy atom. The predicted molar refractivity (Wildman–Crippen MR) is 85.9 cm³/mol. The summed E-state index contributed by atoms with van der Waals surface area (Å²) >= 11 is 0. The van der Waals surface area contributed by atoms with Crippen molar-refractivity contribution < 1.29 is 14.0 Å². The van der Waals surface area contributed by atoms with E-state index in [9.17, 15) is 9.46 Å². The lowest BCUT2D eigenvalue weighted by molar-refractivity contribution is 0.227. The molecule has 0 aromatic rings. The first-order valence-corrected chi connectivity index (χ1v) is 10.3. The van der Waals surface area contributed by atoms with Crippen molar-refractivity contribution in [2.24, 2.45) is 0 Å². The molecule has 0 N–H and O–H groups in total. The summed E-state index contributed by atoms with van der Waals surface area (Å²) in [5.41, 5.74) is 0. The molecule has 1 atom stereocenters. The zero-order chi connectivity index (χ0) is 15.1. The van der Waals surface area contributed by atoms with Gasteiger partial charge in [-0.05, 0) is 12.8 Å². The highest BCUT2D eigenvalue weighted by atomic mass is 31.2. The van der Waals surface area contributed by atoms with Crippen LogP contribution in [0.25, 0.3) is 0 Å². The molecule has 3 nitrogen and oxygen atoms in total. The molecule has 20 heavy (non-hydrogen) atoms. The maximum Gasteiger partial charge on any atom is 0.358 e. The summed E-state index contributed by atoms with van der Waals surface area (Å²) in [6.07, 6.45) is 13.7. The number of rotatable bonds is 15. The SMILES string of the molecule is CCCCCCCCOP([O])(=O)CCCCCCCC. The third-order valence-corrected chi connectivity index (χ3v) is 5.01. The largest absolute Gasteiger partial charge is 0.358 e. The highest BCUT2D eigenvalue weighted by molar-refractivity contribution is 7.52. The maximum atomic E-state index is 11.7. The molecule has 0 amide bonds. The van der Waals surface area contributed by atoms with Crippen molar-refractivity contribution in [3.63, 3.8) is 0 Å². The van der Waals surface area contributed by atoms with Crippen LogP contribution in [0.15, 0.2) is 0 Å². The average Bonchev–Trinajstić information content (AvgIpc) is 2.41. The summed E-state index contributed by atoms with van der Waals surface area (Å²) in [5.74, 6) is 0. The Hall–Kier alpha value is 0.150. The van der Waals surface area contributed by atoms with Gasteiger partial charge in [-0.15, -0.1) is 4.89 Å². The summed E-state index contributed by atoms with van der Waals surface area (Å²) in [7, 11) is -3.56. The van der Waals surface area contributed by atoms with Crippen molar-refractivity contribution in [3.05, 3.63) is 0 Å². The van der Waals surface area contributed by atoms with Crippen LogP contribution in [0, 0.1) is 0 Å². The first kappa shape index (κ1) is 20.1. The minimum atomic E-state index is -3.56. The molecule has 4 heteroatoms. The molecule has 0 aliphatic heterocycles. The van der Waals surface area contributed by atoms with Crippen molar-refractivity contribution in [2.75, 3.05) is 12.8 Å². The smallest absolute Gasteiger partial charge is 0.307 e. The van der Waals surface area contributed by atoms with Gasteiger partial charge in [0, 0.05) is 0 Å². The van der Waals surface area contributed by atoms with Crippen LogP contribution in [0.5, 0.6) is 0 Å². The Kier molecular flexibility index (Phi) is 14.2. The molecule has 0 saturated heterocycles. The van der Waals surface area contributed by atoms with Crippen LogP contribution in [0.4, 0.5) is 0 Å². The topological polar surface area (TPSA) is 46.2 Å². The summed E-state index contributed by atoms with van der Waals surface area (Å²) in [4.78, 5) is 11.7. The van der Waals surface area contributed by atoms with E-state index in [1.165, 1.54) is 44.9 Å². The minimum absolute atomic E-state index is 0.217. The van der Waals surface area contributed by atoms with Gasteiger partial charge >= 0.3 is 7.60 Å². The zero-order valence-electron chi connectivity index (χ0n) is 13.6. The molecule has 0 fully saturated rings. The fraction of sp³-hybridized carbons (Fsp3) is 1.00. The van der Waals surface area contributed by atoms with Gasteiger partial charge in [0.25, 0.3) is 0 Å². The molecule has 0 spiro atoms. The van der Waals surface area contributed by atoms with Crippen molar-refractivity contribution in [2.45, 2.75) is 90.9 Å². The molecule has 0 bridgehead atoms. The molecule has 121 valence electrons. The number of unbranched alkanes of at least 4 members (excludes halogenated alkanes) is 10. The lowest BCUT2D eigenvalue weighted by atomic mass is 10.1. The molecule has 1 unspecified atom stereocenters. The molecular formula is C16H34O3P. The Bertz CT molecular complexity index is 244. The second-order valence-corrected chi connectivity index (χ2v) is 7.63. The lowest BCUT2D eigenvalue weighted by Gasteiger charge is -2.10. The van der Waals surface area contributed by atoms with E-state index in [0.717, 1.165) is 32.1 Å². The first-order valence-electron chi connectivity index (χ1n) is 8.57. The second-order valence-electron chi connectivity index (χ2n) is 5.70. The quantitative estimate of drug-likeness (QED) is 0.261. The third-order valence-electron chi connectivity index (χ3n) is 3.57. The Balaban J connectivity index is 3.38. The molecule has 0 aliphatic rings. The summed E-state index contributed by atoms with van der Waals surface area (Å²) in [6, 6.07) is 0. The van der Waals surface area contributed by atoms with E-state index in [1.807, 2.05) is 0 Å². The van der Waals surface area contributed by atoms with Crippen LogP contribution < -0.4 is 0 Å². The third kappa shape index (κ3) is 14.6. The van der Waals surface area contributed by atoms with Gasteiger partial charge in [-0.1, -0.05) is 78.1 Å². The van der Waals surface area contributed by atoms with Crippen LogP contribution in [-0.2, 0) is 14.0 Å². The van der Waals surface area contributed by atoms with Crippen molar-refractivity contribution in [3.8, 4) is 0 Å². The Labute approximate surface area is 126 Å². The summed E-state index contributed by atoms with van der Waals surface area (Å²) < 4.78 is 16.7. The molecule has 0 saturated carbocycles. The van der Waals surface area contributed by atoms with Crippen molar-refractivity contribution >= 4 is 7.60 Å². The lowest BCUT2D eigenvalue weighted by Crippen LogP contribution is -1.96. The first-order chi connectivity index (χ1) is 9.62. The highest BCUT2D eigenvalue weighted by Gasteiger charge is 2.20. The fourth-order valence-electron chi connectivity index (χ4n) is 2.24. The van der Waals surface area contributed by atoms with E-state index in [-0.39, 0.29) is 6.16 Å². The Morgan fingerprint density at radius 2 is 1.15 bits per heavy atom. The van der Waals surface area contributed by atoms with E-state index in [2.05, 4.69) is 13.8 Å². The monoisotopic (exact) mass is 305 g/mol. The number of hydrogen-bond donors (Lipinski definition) is 0. The number of hydrogen-bond acceptors (Lipinski definition) is 2. The van der Waals surface area contributed by atoms with Crippen LogP contribution in [0.3, 0.4) is 0 Å². The van der Waals surface area contributed by atoms with E-state index in [4.69, 9.17) is 4.52 Å². The fourth-order valence-corrected chi connectivity index (χ4v) is 3.38. The highest BCUT2D eigenvalue weighted by Crippen LogP contribution is 2.44. The maximum absolute atomic E-state index is 11.7. The van der Waals surface area contributed by atoms with E-state index in [0.29, 0.717) is 6.61 Å². The Morgan fingerprint density at radius 1 is 0.700 bits per heavy atom. The van der Waals surface area contributed by atoms with Crippen molar-refractivity contribution in [1.82, 2.24) is 0 Å². The van der Waals surface area contributed by atoms with Gasteiger partial charge in [-0.2, -0.15) is 0 Å². The van der Waals surface area contributed by atoms with Crippen LogP contribution in [0.1, 0.15) is 90.9 Å². The molecule has 0 aromatic carbocycles. The van der Waals surface area contributed by atoms with Crippen molar-refractivity contribution in [1.29, 1.82) is 0 Å². The van der Waals surface area contributed by atoms with Gasteiger partial charge in [0.05, 0.1) is 12.8 Å². The van der Waals surface area contributed by atoms with E-state index >= 15 is 0 Å². The van der Waals surface area contributed by atoms with Gasteiger partial charge in [0.15, 0.2) is 0 Å². The predicted octanol–water partition coefficient (Wildman–Crippen LogP) is 6.35. The second kappa shape index (κ2) is 14.1. The summed E-state index contributed by atoms with van der Waals surface area (Å²) in [6.45, 7) is 4.75. The van der Waals surface area contributed by atoms with Crippen LogP contribution in [-0.4, -0.2) is 12.8 Å². The standard InChI is InChI=1S/C16H34O3P/c1-3-5-7-9-11-13-15-19-20(17,18)16-14-12-10-8-6-4-2/h3-16H2,1-2H3. The summed E-state index contributed by atoms with van der Waals surface area (Å²) in [5, 5.41) is 0. The van der Waals surface area contributed by atoms with Gasteiger partial charge in [0.1, 0.15) is 0 Å². The molecule has 0 rings (SSSR count). The zero-order valence-corrected chi connectivity index (χ0v) is 14.5. The molecule has 0 aromatic heterocycles. The molecule has 1 radical (unpaired) electrons. The van der Waals surface area contributed by atoms with E-state index in [1.54, 1.807) is 0 Å². The van der Waals surface area contributed by atoms with Gasteiger partial charge in [-0.3, -0.25) is 4.57 Å². The van der Waals surface area contributed by atoms with E-state index < -0.39 is 7.60 Å². The van der Waals surface area contributed by atoms with Crippen LogP contribution in [0.2, 0.25) is 0 Å². The van der Waals surface area contributed by atoms with Crippen LogP contribution >= 0.6 is 7.60 Å². The molecular weight excluding hydrogens is 271 g/mol. The normalized spacial score (nSPS) is 14.3. The molecule has 0 heterocycles. The minimum Gasteiger partial charge on any atom is -0.307 e. The molecule has 0 aliphatic carbocycles. The van der Waals surface area contributed by atoms with Gasteiger partial charge < -0.3 is 4.52 Å².